The van der Waals surface area contributed by atoms with E-state index in [0.717, 1.165) is 5.56 Å². The van der Waals surface area contributed by atoms with E-state index in [9.17, 15) is 4.79 Å². The summed E-state index contributed by atoms with van der Waals surface area (Å²) >= 11 is 5.98. The fraction of sp³-hybridized carbons (Fsp3) is 0.222. The van der Waals surface area contributed by atoms with Crippen LogP contribution in [0, 0.1) is 0 Å². The second kappa shape index (κ2) is 6.26. The highest BCUT2D eigenvalue weighted by molar-refractivity contribution is 6.31. The highest BCUT2D eigenvalue weighted by atomic mass is 35.5. The van der Waals surface area contributed by atoms with Crippen LogP contribution < -0.4 is 0 Å². The predicted octanol–water partition coefficient (Wildman–Crippen LogP) is 3.62. The molecule has 1 fully saturated rings. The monoisotopic (exact) mass is 342 g/mol. The zero-order chi connectivity index (χ0) is 16.5. The van der Waals surface area contributed by atoms with Crippen molar-refractivity contribution < 1.29 is 13.9 Å². The molecule has 0 N–H and O–H groups in total. The van der Waals surface area contributed by atoms with Crippen LogP contribution in [0.4, 0.5) is 0 Å². The number of aromatic nitrogens is 1. The quantitative estimate of drug-likeness (QED) is 0.713. The van der Waals surface area contributed by atoms with Gasteiger partial charge in [-0.15, -0.1) is 0 Å². The first kappa shape index (κ1) is 15.2. The molecule has 0 bridgehead atoms. The first-order valence-electron chi connectivity index (χ1n) is 7.74. The van der Waals surface area contributed by atoms with Gasteiger partial charge in [0.15, 0.2) is 5.58 Å². The van der Waals surface area contributed by atoms with Crippen LogP contribution in [0.5, 0.6) is 0 Å². The van der Waals surface area contributed by atoms with Crippen molar-refractivity contribution in [3.8, 4) is 11.5 Å². The topological polar surface area (TPSA) is 55.6 Å². The van der Waals surface area contributed by atoms with E-state index in [1.807, 2.05) is 18.2 Å². The lowest BCUT2D eigenvalue weighted by molar-refractivity contribution is 0.0303. The van der Waals surface area contributed by atoms with Crippen molar-refractivity contribution in [2.45, 2.75) is 0 Å². The van der Waals surface area contributed by atoms with Crippen molar-refractivity contribution in [1.29, 1.82) is 0 Å². The van der Waals surface area contributed by atoms with Crippen LogP contribution in [0.3, 0.4) is 0 Å². The smallest absolute Gasteiger partial charge is 0.254 e. The van der Waals surface area contributed by atoms with E-state index in [0.29, 0.717) is 53.9 Å². The molecular weight excluding hydrogens is 328 g/mol. The molecule has 24 heavy (non-hydrogen) atoms. The Balaban J connectivity index is 1.67. The lowest BCUT2D eigenvalue weighted by Gasteiger charge is -2.26. The van der Waals surface area contributed by atoms with Gasteiger partial charge in [-0.1, -0.05) is 17.7 Å². The highest BCUT2D eigenvalue weighted by Gasteiger charge is 2.19. The second-order valence-electron chi connectivity index (χ2n) is 5.62. The van der Waals surface area contributed by atoms with Gasteiger partial charge in [0.05, 0.1) is 13.2 Å². The number of amides is 1. The molecule has 0 spiro atoms. The van der Waals surface area contributed by atoms with E-state index in [2.05, 4.69) is 4.98 Å². The fourth-order valence-electron chi connectivity index (χ4n) is 2.76. The largest absolute Gasteiger partial charge is 0.436 e. The average Bonchev–Trinajstić information content (AvgIpc) is 3.05. The number of fused-ring (bicyclic) bond motifs is 1. The van der Waals surface area contributed by atoms with E-state index >= 15 is 0 Å². The SMILES string of the molecule is O=C(c1cccc(-c2nc3cc(Cl)ccc3o2)c1)N1CCOCC1. The van der Waals surface area contributed by atoms with E-state index in [-0.39, 0.29) is 5.91 Å². The van der Waals surface area contributed by atoms with E-state index in [1.54, 1.807) is 29.2 Å². The molecule has 3 aromatic rings. The maximum Gasteiger partial charge on any atom is 0.254 e. The van der Waals surface area contributed by atoms with Gasteiger partial charge in [-0.25, -0.2) is 4.98 Å². The Morgan fingerprint density at radius 1 is 1.12 bits per heavy atom. The van der Waals surface area contributed by atoms with Crippen LogP contribution in [0.15, 0.2) is 46.9 Å². The maximum atomic E-state index is 12.6. The summed E-state index contributed by atoms with van der Waals surface area (Å²) in [6.45, 7) is 2.39. The molecule has 0 radical (unpaired) electrons. The number of rotatable bonds is 2. The summed E-state index contributed by atoms with van der Waals surface area (Å²) in [5.41, 5.74) is 2.75. The Labute approximate surface area is 143 Å². The number of carbonyl (C=O) groups is 1. The summed E-state index contributed by atoms with van der Waals surface area (Å²) in [7, 11) is 0. The minimum absolute atomic E-state index is 0.000643. The Hall–Kier alpha value is -2.37. The molecule has 6 heteroatoms. The Morgan fingerprint density at radius 3 is 2.79 bits per heavy atom. The summed E-state index contributed by atoms with van der Waals surface area (Å²) in [6, 6.07) is 12.6. The van der Waals surface area contributed by atoms with Crippen LogP contribution in [-0.2, 0) is 4.74 Å². The summed E-state index contributed by atoms with van der Waals surface area (Å²) in [5.74, 6) is 0.475. The van der Waals surface area contributed by atoms with Crippen molar-refractivity contribution >= 4 is 28.6 Å². The summed E-state index contributed by atoms with van der Waals surface area (Å²) < 4.78 is 11.1. The van der Waals surface area contributed by atoms with Crippen LogP contribution in [-0.4, -0.2) is 42.1 Å². The van der Waals surface area contributed by atoms with Gasteiger partial charge in [0.2, 0.25) is 5.89 Å². The van der Waals surface area contributed by atoms with E-state index in [1.165, 1.54) is 0 Å². The number of halogens is 1. The Morgan fingerprint density at radius 2 is 1.96 bits per heavy atom. The van der Waals surface area contributed by atoms with Gasteiger partial charge in [0.25, 0.3) is 5.91 Å². The summed E-state index contributed by atoms with van der Waals surface area (Å²) in [6.07, 6.45) is 0. The summed E-state index contributed by atoms with van der Waals surface area (Å²) in [5, 5.41) is 0.610. The molecule has 1 aliphatic heterocycles. The van der Waals surface area contributed by atoms with E-state index in [4.69, 9.17) is 20.8 Å². The molecule has 1 amide bonds. The fourth-order valence-corrected chi connectivity index (χ4v) is 2.92. The third kappa shape index (κ3) is 2.88. The number of hydrogen-bond donors (Lipinski definition) is 0. The number of carbonyl (C=O) groups excluding carboxylic acids is 1. The molecule has 0 aliphatic carbocycles. The molecule has 2 aromatic carbocycles. The molecule has 4 rings (SSSR count). The zero-order valence-corrected chi connectivity index (χ0v) is 13.6. The Bertz CT molecular complexity index is 900. The van der Waals surface area contributed by atoms with Crippen LogP contribution in [0.1, 0.15) is 10.4 Å². The van der Waals surface area contributed by atoms with Gasteiger partial charge in [0, 0.05) is 29.2 Å². The number of nitrogens with zero attached hydrogens (tertiary/aromatic N) is 2. The molecule has 0 atom stereocenters. The molecular formula is C18H15ClN2O3. The number of benzene rings is 2. The van der Waals surface area contributed by atoms with Gasteiger partial charge in [0.1, 0.15) is 5.52 Å². The van der Waals surface area contributed by atoms with Crippen LogP contribution >= 0.6 is 11.6 Å². The third-order valence-corrected chi connectivity index (χ3v) is 4.24. The molecule has 122 valence electrons. The van der Waals surface area contributed by atoms with Gasteiger partial charge < -0.3 is 14.1 Å². The van der Waals surface area contributed by atoms with Gasteiger partial charge in [-0.2, -0.15) is 0 Å². The van der Waals surface area contributed by atoms with Crippen molar-refractivity contribution in [1.82, 2.24) is 9.88 Å². The van der Waals surface area contributed by atoms with Crippen molar-refractivity contribution in [2.24, 2.45) is 0 Å². The molecule has 1 aliphatic rings. The average molecular weight is 343 g/mol. The van der Waals surface area contributed by atoms with Gasteiger partial charge in [-0.3, -0.25) is 4.79 Å². The highest BCUT2D eigenvalue weighted by Crippen LogP contribution is 2.27. The second-order valence-corrected chi connectivity index (χ2v) is 6.05. The van der Waals surface area contributed by atoms with Crippen LogP contribution in [0.2, 0.25) is 5.02 Å². The predicted molar refractivity (Wildman–Crippen MR) is 91.2 cm³/mol. The zero-order valence-electron chi connectivity index (χ0n) is 12.9. The lowest BCUT2D eigenvalue weighted by atomic mass is 10.1. The first-order chi connectivity index (χ1) is 11.7. The van der Waals surface area contributed by atoms with Crippen LogP contribution in [0.25, 0.3) is 22.6 Å². The molecule has 1 aromatic heterocycles. The van der Waals surface area contributed by atoms with Crippen molar-refractivity contribution in [2.75, 3.05) is 26.3 Å². The minimum Gasteiger partial charge on any atom is -0.436 e. The first-order valence-corrected chi connectivity index (χ1v) is 8.12. The standard InChI is InChI=1S/C18H15ClN2O3/c19-14-4-5-16-15(11-14)20-17(24-16)12-2-1-3-13(10-12)18(22)21-6-8-23-9-7-21/h1-5,10-11H,6-9H2. The summed E-state index contributed by atoms with van der Waals surface area (Å²) in [4.78, 5) is 18.9. The molecule has 0 saturated carbocycles. The maximum absolute atomic E-state index is 12.6. The number of oxazole rings is 1. The third-order valence-electron chi connectivity index (χ3n) is 4.00. The van der Waals surface area contributed by atoms with Gasteiger partial charge in [-0.05, 0) is 36.4 Å². The van der Waals surface area contributed by atoms with E-state index < -0.39 is 0 Å². The molecule has 5 nitrogen and oxygen atoms in total. The normalized spacial score (nSPS) is 15.0. The number of morpholine rings is 1. The van der Waals surface area contributed by atoms with Crippen molar-refractivity contribution in [3.05, 3.63) is 53.1 Å². The lowest BCUT2D eigenvalue weighted by Crippen LogP contribution is -2.40. The Kier molecular flexibility index (Phi) is 3.96. The van der Waals surface area contributed by atoms with Crippen molar-refractivity contribution in [3.63, 3.8) is 0 Å². The molecule has 2 heterocycles. The molecule has 0 unspecified atom stereocenters. The number of ether oxygens (including phenoxy) is 1. The minimum atomic E-state index is -0.000643. The molecule has 1 saturated heterocycles. The van der Waals surface area contributed by atoms with Gasteiger partial charge >= 0.3 is 0 Å². The number of hydrogen-bond acceptors (Lipinski definition) is 4.